The third kappa shape index (κ3) is 2.64. The molecule has 0 aliphatic heterocycles. The molecule has 66 valence electrons. The number of nitrogens with one attached hydrogen (secondary N) is 1. The van der Waals surface area contributed by atoms with Gasteiger partial charge >= 0.3 is 0 Å². The van der Waals surface area contributed by atoms with Gasteiger partial charge < -0.3 is 5.11 Å². The molecule has 0 aliphatic rings. The van der Waals surface area contributed by atoms with Gasteiger partial charge in [-0.2, -0.15) is 0 Å². The molecule has 0 aromatic heterocycles. The van der Waals surface area contributed by atoms with Gasteiger partial charge in [0.1, 0.15) is 6.23 Å². The molecule has 1 aromatic rings. The van der Waals surface area contributed by atoms with Crippen LogP contribution in [0.2, 0.25) is 0 Å². The first-order valence-electron chi connectivity index (χ1n) is 4.19. The second-order valence-electron chi connectivity index (χ2n) is 2.98. The zero-order chi connectivity index (χ0) is 8.97. The lowest BCUT2D eigenvalue weighted by molar-refractivity contribution is 0.143. The molecular weight excluding hydrogens is 150 g/mol. The minimum absolute atomic E-state index is 0.200. The molecule has 0 bridgehead atoms. The zero-order valence-corrected chi connectivity index (χ0v) is 7.49. The van der Waals surface area contributed by atoms with Gasteiger partial charge in [-0.1, -0.05) is 30.3 Å². The Balaban J connectivity index is 2.59. The van der Waals surface area contributed by atoms with E-state index in [0.717, 1.165) is 0 Å². The van der Waals surface area contributed by atoms with Crippen molar-refractivity contribution in [1.82, 2.24) is 5.32 Å². The molecule has 2 nitrogen and oxygen atoms in total. The molecular formula is C10H15NO. The first-order chi connectivity index (χ1) is 5.70. The molecule has 2 atom stereocenters. The first-order valence-corrected chi connectivity index (χ1v) is 4.19. The fraction of sp³-hybridized carbons (Fsp3) is 0.400. The average molecular weight is 165 g/mol. The Bertz CT molecular complexity index is 221. The topological polar surface area (TPSA) is 32.3 Å². The number of benzene rings is 1. The summed E-state index contributed by atoms with van der Waals surface area (Å²) in [4.78, 5) is 0. The van der Waals surface area contributed by atoms with Crippen LogP contribution in [0, 0.1) is 0 Å². The van der Waals surface area contributed by atoms with Crippen molar-refractivity contribution in [1.29, 1.82) is 0 Å². The maximum atomic E-state index is 9.07. The lowest BCUT2D eigenvalue weighted by Crippen LogP contribution is -2.28. The van der Waals surface area contributed by atoms with Crippen molar-refractivity contribution in [2.45, 2.75) is 26.1 Å². The van der Waals surface area contributed by atoms with Gasteiger partial charge in [0.05, 0.1) is 0 Å². The van der Waals surface area contributed by atoms with Crippen molar-refractivity contribution in [3.8, 4) is 0 Å². The molecule has 2 heteroatoms. The summed E-state index contributed by atoms with van der Waals surface area (Å²) in [6.45, 7) is 3.75. The largest absolute Gasteiger partial charge is 0.379 e. The lowest BCUT2D eigenvalue weighted by atomic mass is 10.1. The molecule has 12 heavy (non-hydrogen) atoms. The third-order valence-electron chi connectivity index (χ3n) is 1.79. The maximum absolute atomic E-state index is 9.07. The van der Waals surface area contributed by atoms with Gasteiger partial charge in [0, 0.05) is 6.04 Å². The van der Waals surface area contributed by atoms with Crippen LogP contribution in [0.1, 0.15) is 25.5 Å². The Morgan fingerprint density at radius 3 is 2.25 bits per heavy atom. The number of aliphatic hydroxyl groups is 1. The van der Waals surface area contributed by atoms with Gasteiger partial charge in [0.15, 0.2) is 0 Å². The highest BCUT2D eigenvalue weighted by atomic mass is 16.3. The molecule has 0 aliphatic carbocycles. The van der Waals surface area contributed by atoms with E-state index in [-0.39, 0.29) is 6.04 Å². The van der Waals surface area contributed by atoms with E-state index in [1.165, 1.54) is 5.56 Å². The van der Waals surface area contributed by atoms with Gasteiger partial charge in [0.2, 0.25) is 0 Å². The molecule has 0 saturated heterocycles. The maximum Gasteiger partial charge on any atom is 0.102 e. The van der Waals surface area contributed by atoms with Crippen molar-refractivity contribution < 1.29 is 5.11 Å². The second-order valence-corrected chi connectivity index (χ2v) is 2.98. The fourth-order valence-corrected chi connectivity index (χ4v) is 1.20. The normalized spacial score (nSPS) is 15.6. The van der Waals surface area contributed by atoms with Gasteiger partial charge in [-0.05, 0) is 19.4 Å². The van der Waals surface area contributed by atoms with Crippen molar-refractivity contribution in [2.24, 2.45) is 0 Å². The summed E-state index contributed by atoms with van der Waals surface area (Å²) >= 11 is 0. The van der Waals surface area contributed by atoms with Crippen LogP contribution in [0.15, 0.2) is 30.3 Å². The summed E-state index contributed by atoms with van der Waals surface area (Å²) in [5.74, 6) is 0. The predicted octanol–water partition coefficient (Wildman–Crippen LogP) is 1.68. The van der Waals surface area contributed by atoms with Gasteiger partial charge in [-0.25, -0.2) is 0 Å². The lowest BCUT2D eigenvalue weighted by Gasteiger charge is -2.15. The predicted molar refractivity (Wildman–Crippen MR) is 49.7 cm³/mol. The molecule has 0 radical (unpaired) electrons. The Hall–Kier alpha value is -0.860. The molecule has 1 rings (SSSR count). The van der Waals surface area contributed by atoms with E-state index in [9.17, 15) is 0 Å². The third-order valence-corrected chi connectivity index (χ3v) is 1.79. The molecule has 2 unspecified atom stereocenters. The smallest absolute Gasteiger partial charge is 0.102 e. The number of hydrogen-bond donors (Lipinski definition) is 2. The fourth-order valence-electron chi connectivity index (χ4n) is 1.20. The van der Waals surface area contributed by atoms with E-state index in [1.54, 1.807) is 6.92 Å². The standard InChI is InChI=1S/C10H15NO/c1-8(11-9(2)12)10-6-4-3-5-7-10/h3-9,11-12H,1-2H3. The van der Waals surface area contributed by atoms with Crippen LogP contribution in [0.5, 0.6) is 0 Å². The minimum atomic E-state index is -0.458. The van der Waals surface area contributed by atoms with Crippen molar-refractivity contribution in [3.63, 3.8) is 0 Å². The van der Waals surface area contributed by atoms with Crippen LogP contribution in [-0.4, -0.2) is 11.3 Å². The van der Waals surface area contributed by atoms with E-state index >= 15 is 0 Å². The second kappa shape index (κ2) is 4.24. The van der Waals surface area contributed by atoms with Gasteiger partial charge in [-0.3, -0.25) is 5.32 Å². The van der Waals surface area contributed by atoms with Crippen LogP contribution in [-0.2, 0) is 0 Å². The summed E-state index contributed by atoms with van der Waals surface area (Å²) in [5, 5.41) is 12.1. The Morgan fingerprint density at radius 2 is 1.75 bits per heavy atom. The van der Waals surface area contributed by atoms with Crippen LogP contribution in [0.25, 0.3) is 0 Å². The number of aliphatic hydroxyl groups excluding tert-OH is 1. The summed E-state index contributed by atoms with van der Waals surface area (Å²) in [6, 6.07) is 10.3. The molecule has 0 heterocycles. The molecule has 0 fully saturated rings. The molecule has 2 N–H and O–H groups in total. The summed E-state index contributed by atoms with van der Waals surface area (Å²) < 4.78 is 0. The van der Waals surface area contributed by atoms with Crippen molar-refractivity contribution in [2.75, 3.05) is 0 Å². The van der Waals surface area contributed by atoms with E-state index in [0.29, 0.717) is 0 Å². The highest BCUT2D eigenvalue weighted by molar-refractivity contribution is 5.17. The van der Waals surface area contributed by atoms with Crippen LogP contribution < -0.4 is 5.32 Å². The highest BCUT2D eigenvalue weighted by Gasteiger charge is 2.05. The molecule has 1 aromatic carbocycles. The highest BCUT2D eigenvalue weighted by Crippen LogP contribution is 2.10. The summed E-state index contributed by atoms with van der Waals surface area (Å²) in [7, 11) is 0. The Kier molecular flexibility index (Phi) is 3.26. The quantitative estimate of drug-likeness (QED) is 0.668. The van der Waals surface area contributed by atoms with Gasteiger partial charge in [0.25, 0.3) is 0 Å². The van der Waals surface area contributed by atoms with Crippen LogP contribution in [0.3, 0.4) is 0 Å². The van der Waals surface area contributed by atoms with E-state index in [2.05, 4.69) is 5.32 Å². The van der Waals surface area contributed by atoms with Crippen LogP contribution >= 0.6 is 0 Å². The summed E-state index contributed by atoms with van der Waals surface area (Å²) in [5.41, 5.74) is 1.19. The first kappa shape index (κ1) is 9.23. The molecule has 0 amide bonds. The van der Waals surface area contributed by atoms with E-state index < -0.39 is 6.23 Å². The molecule has 0 spiro atoms. The minimum Gasteiger partial charge on any atom is -0.379 e. The number of rotatable bonds is 3. The summed E-state index contributed by atoms with van der Waals surface area (Å²) in [6.07, 6.45) is -0.458. The van der Waals surface area contributed by atoms with E-state index in [4.69, 9.17) is 5.11 Å². The monoisotopic (exact) mass is 165 g/mol. The SMILES string of the molecule is CC(O)NC(C)c1ccccc1. The van der Waals surface area contributed by atoms with E-state index in [1.807, 2.05) is 37.3 Å². The number of hydrogen-bond acceptors (Lipinski definition) is 2. The van der Waals surface area contributed by atoms with Crippen molar-refractivity contribution in [3.05, 3.63) is 35.9 Å². The van der Waals surface area contributed by atoms with Gasteiger partial charge in [-0.15, -0.1) is 0 Å². The van der Waals surface area contributed by atoms with Crippen LogP contribution in [0.4, 0.5) is 0 Å². The van der Waals surface area contributed by atoms with Crippen molar-refractivity contribution >= 4 is 0 Å². The Morgan fingerprint density at radius 1 is 1.17 bits per heavy atom. The average Bonchev–Trinajstić information content (AvgIpc) is 2.05. The Labute approximate surface area is 73.2 Å². The molecule has 0 saturated carbocycles. The zero-order valence-electron chi connectivity index (χ0n) is 7.49.